The molecule has 8 nitrogen and oxygen atoms in total. The topological polar surface area (TPSA) is 109 Å². The van der Waals surface area contributed by atoms with Crippen molar-refractivity contribution in [3.63, 3.8) is 0 Å². The number of aromatic nitrogens is 3. The number of hydrogen-bond donors (Lipinski definition) is 3. The van der Waals surface area contributed by atoms with Gasteiger partial charge in [-0.15, -0.1) is 5.10 Å². The van der Waals surface area contributed by atoms with Crippen LogP contribution in [-0.4, -0.2) is 56.7 Å². The van der Waals surface area contributed by atoms with Gasteiger partial charge in [0.1, 0.15) is 0 Å². The second-order valence-electron chi connectivity index (χ2n) is 4.25. The van der Waals surface area contributed by atoms with Crippen LogP contribution in [0, 0.1) is 0 Å². The van der Waals surface area contributed by atoms with Gasteiger partial charge in [0.15, 0.2) is 5.69 Å². The summed E-state index contributed by atoms with van der Waals surface area (Å²) in [6.45, 7) is 2.67. The predicted octanol–water partition coefficient (Wildman–Crippen LogP) is 0.417. The lowest BCUT2D eigenvalue weighted by molar-refractivity contribution is 0.0690. The second-order valence-corrected chi connectivity index (χ2v) is 5.24. The summed E-state index contributed by atoms with van der Waals surface area (Å²) in [5.41, 5.74) is -0.111. The summed E-state index contributed by atoms with van der Waals surface area (Å²) < 4.78 is 1.38. The van der Waals surface area contributed by atoms with Crippen molar-refractivity contribution in [2.75, 3.05) is 18.6 Å². The Hall–Kier alpha value is -1.77. The number of carboxylic acids is 1. The number of urea groups is 1. The van der Waals surface area contributed by atoms with E-state index in [0.717, 1.165) is 12.2 Å². The molecule has 0 saturated heterocycles. The quantitative estimate of drug-likeness (QED) is 0.642. The number of carbonyl (C=O) groups is 2. The van der Waals surface area contributed by atoms with Gasteiger partial charge in [-0.3, -0.25) is 0 Å². The van der Waals surface area contributed by atoms with Gasteiger partial charge >= 0.3 is 12.0 Å². The van der Waals surface area contributed by atoms with E-state index in [1.807, 2.05) is 13.2 Å². The monoisotopic (exact) mass is 301 g/mol. The van der Waals surface area contributed by atoms with Crippen LogP contribution in [0.4, 0.5) is 4.79 Å². The minimum atomic E-state index is -1.12. The molecule has 0 aromatic carbocycles. The number of thioether (sulfide) groups is 1. The van der Waals surface area contributed by atoms with Crippen LogP contribution in [0.25, 0.3) is 0 Å². The zero-order valence-electron chi connectivity index (χ0n) is 11.5. The molecule has 0 saturated carbocycles. The third kappa shape index (κ3) is 5.91. The first-order chi connectivity index (χ1) is 9.52. The fourth-order valence-electron chi connectivity index (χ4n) is 1.43. The number of nitrogens with one attached hydrogen (secondary N) is 2. The standard InChI is InChI=1S/C11H19N5O3S/c1-8(3-6-20-2)13-11(19)12-4-5-16-7-9(10(17)18)14-15-16/h7-8H,3-6H2,1-2H3,(H,17,18)(H2,12,13,19). The van der Waals surface area contributed by atoms with E-state index in [-0.39, 0.29) is 17.8 Å². The molecule has 0 spiro atoms. The Bertz CT molecular complexity index is 451. The molecule has 1 heterocycles. The zero-order valence-corrected chi connectivity index (χ0v) is 12.3. The van der Waals surface area contributed by atoms with Crippen molar-refractivity contribution in [3.05, 3.63) is 11.9 Å². The molecule has 1 atom stereocenters. The van der Waals surface area contributed by atoms with Gasteiger partial charge in [0.05, 0.1) is 12.7 Å². The van der Waals surface area contributed by atoms with Gasteiger partial charge in [0.2, 0.25) is 0 Å². The van der Waals surface area contributed by atoms with Crippen molar-refractivity contribution in [2.45, 2.75) is 25.9 Å². The van der Waals surface area contributed by atoms with Crippen LogP contribution in [-0.2, 0) is 6.54 Å². The lowest BCUT2D eigenvalue weighted by atomic mass is 10.3. The van der Waals surface area contributed by atoms with Crippen LogP contribution < -0.4 is 10.6 Å². The van der Waals surface area contributed by atoms with Gasteiger partial charge in [-0.05, 0) is 25.4 Å². The highest BCUT2D eigenvalue weighted by molar-refractivity contribution is 7.98. The molecule has 20 heavy (non-hydrogen) atoms. The van der Waals surface area contributed by atoms with E-state index < -0.39 is 5.97 Å². The normalized spacial score (nSPS) is 11.9. The molecule has 3 N–H and O–H groups in total. The maximum Gasteiger partial charge on any atom is 0.358 e. The van der Waals surface area contributed by atoms with Crippen molar-refractivity contribution in [2.24, 2.45) is 0 Å². The average molecular weight is 301 g/mol. The number of hydrogen-bond acceptors (Lipinski definition) is 5. The Morgan fingerprint density at radius 1 is 1.55 bits per heavy atom. The van der Waals surface area contributed by atoms with Crippen molar-refractivity contribution in [1.29, 1.82) is 0 Å². The molecule has 0 aliphatic heterocycles. The second kappa shape index (κ2) is 8.41. The molecule has 2 amide bonds. The smallest absolute Gasteiger partial charge is 0.358 e. The number of nitrogens with zero attached hydrogens (tertiary/aromatic N) is 3. The van der Waals surface area contributed by atoms with Crippen LogP contribution >= 0.6 is 11.8 Å². The summed E-state index contributed by atoms with van der Waals surface area (Å²) in [6.07, 6.45) is 4.26. The van der Waals surface area contributed by atoms with E-state index in [1.54, 1.807) is 11.8 Å². The number of amides is 2. The largest absolute Gasteiger partial charge is 0.476 e. The van der Waals surface area contributed by atoms with Crippen LogP contribution in [0.1, 0.15) is 23.8 Å². The molecule has 1 aromatic heterocycles. The third-order valence-corrected chi connectivity index (χ3v) is 3.16. The maximum absolute atomic E-state index is 11.6. The van der Waals surface area contributed by atoms with Gasteiger partial charge in [-0.25, -0.2) is 14.3 Å². The van der Waals surface area contributed by atoms with E-state index in [0.29, 0.717) is 13.1 Å². The summed E-state index contributed by atoms with van der Waals surface area (Å²) in [5, 5.41) is 21.3. The van der Waals surface area contributed by atoms with E-state index >= 15 is 0 Å². The van der Waals surface area contributed by atoms with Gasteiger partial charge in [0, 0.05) is 12.6 Å². The molecule has 112 valence electrons. The molecular formula is C11H19N5O3S. The Balaban J connectivity index is 2.22. The molecular weight excluding hydrogens is 282 g/mol. The molecule has 0 bridgehead atoms. The van der Waals surface area contributed by atoms with Crippen molar-refractivity contribution in [1.82, 2.24) is 25.6 Å². The Morgan fingerprint density at radius 2 is 2.30 bits per heavy atom. The van der Waals surface area contributed by atoms with Crippen molar-refractivity contribution >= 4 is 23.8 Å². The van der Waals surface area contributed by atoms with Gasteiger partial charge in [-0.1, -0.05) is 5.21 Å². The van der Waals surface area contributed by atoms with E-state index in [4.69, 9.17) is 5.11 Å². The maximum atomic E-state index is 11.6. The molecule has 0 aliphatic rings. The van der Waals surface area contributed by atoms with Gasteiger partial charge < -0.3 is 15.7 Å². The highest BCUT2D eigenvalue weighted by atomic mass is 32.2. The van der Waals surface area contributed by atoms with Crippen LogP contribution in [0.15, 0.2) is 6.20 Å². The fraction of sp³-hybridized carbons (Fsp3) is 0.636. The number of carboxylic acid groups (broad SMARTS) is 1. The highest BCUT2D eigenvalue weighted by Crippen LogP contribution is 1.99. The summed E-state index contributed by atoms with van der Waals surface area (Å²) in [6, 6.07) is -0.121. The minimum absolute atomic E-state index is 0.111. The molecule has 0 fully saturated rings. The summed E-state index contributed by atoms with van der Waals surface area (Å²) in [7, 11) is 0. The fourth-order valence-corrected chi connectivity index (χ4v) is 2.02. The van der Waals surface area contributed by atoms with Crippen LogP contribution in [0.2, 0.25) is 0 Å². The first-order valence-corrected chi connectivity index (χ1v) is 7.59. The molecule has 1 unspecified atom stereocenters. The van der Waals surface area contributed by atoms with Crippen molar-refractivity contribution < 1.29 is 14.7 Å². The van der Waals surface area contributed by atoms with Crippen LogP contribution in [0.5, 0.6) is 0 Å². The number of rotatable bonds is 8. The van der Waals surface area contributed by atoms with Crippen LogP contribution in [0.3, 0.4) is 0 Å². The third-order valence-electron chi connectivity index (χ3n) is 2.52. The summed E-state index contributed by atoms with van der Waals surface area (Å²) in [5.74, 6) is -0.122. The predicted molar refractivity (Wildman–Crippen MR) is 76.0 cm³/mol. The molecule has 9 heteroatoms. The zero-order chi connectivity index (χ0) is 15.0. The minimum Gasteiger partial charge on any atom is -0.476 e. The Labute approximate surface area is 121 Å². The average Bonchev–Trinajstić information content (AvgIpc) is 2.85. The van der Waals surface area contributed by atoms with Crippen molar-refractivity contribution in [3.8, 4) is 0 Å². The van der Waals surface area contributed by atoms with E-state index in [2.05, 4.69) is 20.9 Å². The Morgan fingerprint density at radius 3 is 2.90 bits per heavy atom. The van der Waals surface area contributed by atoms with E-state index in [1.165, 1.54) is 10.9 Å². The molecule has 1 rings (SSSR count). The molecule has 1 aromatic rings. The molecule has 0 radical (unpaired) electrons. The number of carbonyl (C=O) groups excluding carboxylic acids is 1. The lowest BCUT2D eigenvalue weighted by Crippen LogP contribution is -2.42. The highest BCUT2D eigenvalue weighted by Gasteiger charge is 2.09. The Kier molecular flexibility index (Phi) is 6.85. The first-order valence-electron chi connectivity index (χ1n) is 6.19. The SMILES string of the molecule is CSCCC(C)NC(=O)NCCn1cc(C(=O)O)nn1. The summed E-state index contributed by atoms with van der Waals surface area (Å²) in [4.78, 5) is 22.2. The lowest BCUT2D eigenvalue weighted by Gasteiger charge is -2.13. The van der Waals surface area contributed by atoms with Gasteiger partial charge in [-0.2, -0.15) is 11.8 Å². The van der Waals surface area contributed by atoms with E-state index in [9.17, 15) is 9.59 Å². The number of aromatic carboxylic acids is 1. The molecule has 0 aliphatic carbocycles. The summed E-state index contributed by atoms with van der Waals surface area (Å²) >= 11 is 1.74. The first kappa shape index (κ1) is 16.3. The van der Waals surface area contributed by atoms with Gasteiger partial charge in [0.25, 0.3) is 0 Å².